The molecule has 1 saturated heterocycles. The van der Waals surface area contributed by atoms with E-state index in [4.69, 9.17) is 0 Å². The molecule has 0 aliphatic carbocycles. The highest BCUT2D eigenvalue weighted by Crippen LogP contribution is 2.12. The zero-order valence-electron chi connectivity index (χ0n) is 10.6. The topological polar surface area (TPSA) is 76.0 Å². The maximum atomic E-state index is 11.9. The molecule has 1 atom stereocenters. The number of rotatable bonds is 5. The van der Waals surface area contributed by atoms with Crippen LogP contribution in [0.5, 0.6) is 0 Å². The van der Waals surface area contributed by atoms with Crippen molar-refractivity contribution in [3.8, 4) is 0 Å². The molecule has 2 N–H and O–H groups in total. The van der Waals surface area contributed by atoms with Gasteiger partial charge in [-0.25, -0.2) is 18.1 Å². The van der Waals surface area contributed by atoms with Crippen molar-refractivity contribution in [3.05, 3.63) is 18.2 Å². The molecule has 0 bridgehead atoms. The van der Waals surface area contributed by atoms with E-state index in [1.165, 1.54) is 0 Å². The number of nitrogens with one attached hydrogen (secondary N) is 2. The maximum absolute atomic E-state index is 11.9. The minimum atomic E-state index is -3.22. The fraction of sp³-hybridized carbons (Fsp3) is 0.727. The Morgan fingerprint density at radius 3 is 3.06 bits per heavy atom. The number of nitrogens with zero attached hydrogens (tertiary/aromatic N) is 2. The average Bonchev–Trinajstić information content (AvgIpc) is 2.73. The van der Waals surface area contributed by atoms with Crippen LogP contribution in [0.15, 0.2) is 12.4 Å². The van der Waals surface area contributed by atoms with Crippen molar-refractivity contribution in [2.24, 2.45) is 13.0 Å². The first-order valence-electron chi connectivity index (χ1n) is 6.21. The number of sulfonamides is 1. The van der Waals surface area contributed by atoms with Crippen molar-refractivity contribution in [1.82, 2.24) is 19.6 Å². The van der Waals surface area contributed by atoms with Gasteiger partial charge in [0.25, 0.3) is 0 Å². The lowest BCUT2D eigenvalue weighted by molar-refractivity contribution is 0.402. The molecule has 18 heavy (non-hydrogen) atoms. The third-order valence-corrected chi connectivity index (χ3v) is 4.72. The van der Waals surface area contributed by atoms with Crippen LogP contribution in [0.25, 0.3) is 0 Å². The summed E-state index contributed by atoms with van der Waals surface area (Å²) >= 11 is 0. The van der Waals surface area contributed by atoms with E-state index in [0.717, 1.165) is 31.8 Å². The first kappa shape index (κ1) is 13.5. The van der Waals surface area contributed by atoms with Crippen molar-refractivity contribution in [3.63, 3.8) is 0 Å². The van der Waals surface area contributed by atoms with Crippen molar-refractivity contribution in [2.75, 3.05) is 18.8 Å². The second kappa shape index (κ2) is 5.81. The molecule has 0 amide bonds. The Balaban J connectivity index is 1.85. The molecule has 1 aromatic heterocycles. The van der Waals surface area contributed by atoms with Crippen molar-refractivity contribution in [2.45, 2.75) is 19.4 Å². The van der Waals surface area contributed by atoms with Crippen LogP contribution in [0.2, 0.25) is 0 Å². The fourth-order valence-electron chi connectivity index (χ4n) is 2.18. The van der Waals surface area contributed by atoms with Gasteiger partial charge in [-0.2, -0.15) is 0 Å². The van der Waals surface area contributed by atoms with Gasteiger partial charge in [-0.05, 0) is 31.8 Å². The second-order valence-corrected chi connectivity index (χ2v) is 6.62. The zero-order chi connectivity index (χ0) is 13.0. The molecule has 7 heteroatoms. The summed E-state index contributed by atoms with van der Waals surface area (Å²) in [6.45, 7) is 2.05. The number of imidazole rings is 1. The molecular formula is C11H20N4O2S. The normalized spacial score (nSPS) is 21.1. The van der Waals surface area contributed by atoms with E-state index in [0.29, 0.717) is 0 Å². The van der Waals surface area contributed by atoms with Crippen molar-refractivity contribution < 1.29 is 8.42 Å². The van der Waals surface area contributed by atoms with Gasteiger partial charge in [0.1, 0.15) is 5.82 Å². The molecule has 1 fully saturated rings. The third kappa shape index (κ3) is 3.79. The van der Waals surface area contributed by atoms with Gasteiger partial charge in [0.05, 0.1) is 12.3 Å². The Morgan fingerprint density at radius 2 is 2.44 bits per heavy atom. The largest absolute Gasteiger partial charge is 0.337 e. The van der Waals surface area contributed by atoms with Crippen molar-refractivity contribution in [1.29, 1.82) is 0 Å². The SMILES string of the molecule is Cn1ccnc1CNS(=O)(=O)CC1CCCNC1. The molecule has 0 aromatic carbocycles. The van der Waals surface area contributed by atoms with E-state index in [9.17, 15) is 8.42 Å². The zero-order valence-corrected chi connectivity index (χ0v) is 11.4. The quantitative estimate of drug-likeness (QED) is 0.781. The van der Waals surface area contributed by atoms with Gasteiger partial charge in [-0.3, -0.25) is 0 Å². The van der Waals surface area contributed by atoms with Gasteiger partial charge in [-0.15, -0.1) is 0 Å². The molecule has 0 saturated carbocycles. The summed E-state index contributed by atoms with van der Waals surface area (Å²) in [7, 11) is -1.37. The Bertz CT molecular complexity index is 477. The molecule has 0 radical (unpaired) electrons. The average molecular weight is 272 g/mol. The molecule has 1 aromatic rings. The number of hydrogen-bond acceptors (Lipinski definition) is 4. The summed E-state index contributed by atoms with van der Waals surface area (Å²) < 4.78 is 28.3. The highest BCUT2D eigenvalue weighted by Gasteiger charge is 2.21. The van der Waals surface area contributed by atoms with Gasteiger partial charge in [0, 0.05) is 19.4 Å². The molecule has 0 spiro atoms. The van der Waals surface area contributed by atoms with Gasteiger partial charge >= 0.3 is 0 Å². The summed E-state index contributed by atoms with van der Waals surface area (Å²) in [5.41, 5.74) is 0. The van der Waals surface area contributed by atoms with Gasteiger partial charge in [0.15, 0.2) is 0 Å². The Labute approximate surface area is 108 Å². The van der Waals surface area contributed by atoms with Crippen LogP contribution in [0.4, 0.5) is 0 Å². The lowest BCUT2D eigenvalue weighted by Gasteiger charge is -2.22. The molecular weight excluding hydrogens is 252 g/mol. The Kier molecular flexibility index (Phi) is 4.36. The van der Waals surface area contributed by atoms with Crippen LogP contribution in [0, 0.1) is 5.92 Å². The van der Waals surface area contributed by atoms with E-state index < -0.39 is 10.0 Å². The molecule has 1 aliphatic rings. The number of aromatic nitrogens is 2. The standard InChI is InChI=1S/C11H20N4O2S/c1-15-6-5-13-11(15)8-14-18(16,17)9-10-3-2-4-12-7-10/h5-6,10,12,14H,2-4,7-9H2,1H3. The van der Waals surface area contributed by atoms with E-state index in [1.807, 2.05) is 11.6 Å². The maximum Gasteiger partial charge on any atom is 0.212 e. The second-order valence-electron chi connectivity index (χ2n) is 4.77. The van der Waals surface area contributed by atoms with E-state index in [2.05, 4.69) is 15.0 Å². The van der Waals surface area contributed by atoms with Crippen LogP contribution in [0.1, 0.15) is 18.7 Å². The number of piperidine rings is 1. The van der Waals surface area contributed by atoms with Crippen LogP contribution < -0.4 is 10.0 Å². The first-order valence-corrected chi connectivity index (χ1v) is 7.86. The molecule has 2 heterocycles. The van der Waals surface area contributed by atoms with Gasteiger partial charge in [0.2, 0.25) is 10.0 Å². The minimum Gasteiger partial charge on any atom is -0.337 e. The number of aryl methyl sites for hydroxylation is 1. The van der Waals surface area contributed by atoms with Gasteiger partial charge in [-0.1, -0.05) is 0 Å². The first-order chi connectivity index (χ1) is 8.57. The van der Waals surface area contributed by atoms with Crippen LogP contribution in [0.3, 0.4) is 0 Å². The van der Waals surface area contributed by atoms with Crippen molar-refractivity contribution >= 4 is 10.0 Å². The Hall–Kier alpha value is -0.920. The smallest absolute Gasteiger partial charge is 0.212 e. The molecule has 1 aliphatic heterocycles. The predicted molar refractivity (Wildman–Crippen MR) is 69.4 cm³/mol. The summed E-state index contributed by atoms with van der Waals surface area (Å²) in [5.74, 6) is 1.14. The summed E-state index contributed by atoms with van der Waals surface area (Å²) in [6.07, 6.45) is 5.50. The van der Waals surface area contributed by atoms with E-state index >= 15 is 0 Å². The lowest BCUT2D eigenvalue weighted by atomic mass is 10.0. The molecule has 2 rings (SSSR count). The summed E-state index contributed by atoms with van der Waals surface area (Å²) in [5, 5.41) is 3.23. The molecule has 6 nitrogen and oxygen atoms in total. The van der Waals surface area contributed by atoms with Gasteiger partial charge < -0.3 is 9.88 Å². The van der Waals surface area contributed by atoms with E-state index in [-0.39, 0.29) is 18.2 Å². The van der Waals surface area contributed by atoms with Crippen LogP contribution in [-0.4, -0.2) is 36.8 Å². The Morgan fingerprint density at radius 1 is 1.61 bits per heavy atom. The fourth-order valence-corrected chi connectivity index (χ4v) is 3.55. The lowest BCUT2D eigenvalue weighted by Crippen LogP contribution is -2.37. The van der Waals surface area contributed by atoms with E-state index in [1.54, 1.807) is 12.4 Å². The van der Waals surface area contributed by atoms with Crippen LogP contribution >= 0.6 is 0 Å². The third-order valence-electron chi connectivity index (χ3n) is 3.23. The molecule has 1 unspecified atom stereocenters. The number of hydrogen-bond donors (Lipinski definition) is 2. The molecule has 102 valence electrons. The summed E-state index contributed by atoms with van der Waals surface area (Å²) in [6, 6.07) is 0. The predicted octanol–water partition coefficient (Wildman–Crippen LogP) is -0.161. The monoisotopic (exact) mass is 272 g/mol. The summed E-state index contributed by atoms with van der Waals surface area (Å²) in [4.78, 5) is 4.09. The minimum absolute atomic E-state index is 0.199. The van der Waals surface area contributed by atoms with Crippen LogP contribution in [-0.2, 0) is 23.6 Å². The highest BCUT2D eigenvalue weighted by molar-refractivity contribution is 7.89. The highest BCUT2D eigenvalue weighted by atomic mass is 32.2.